The lowest BCUT2D eigenvalue weighted by Gasteiger charge is -2.38. The van der Waals surface area contributed by atoms with Crippen molar-refractivity contribution in [3.05, 3.63) is 47.5 Å². The molecule has 4 rings (SSSR count). The molecule has 3 heterocycles. The van der Waals surface area contributed by atoms with Gasteiger partial charge in [0.1, 0.15) is 6.33 Å². The number of anilines is 2. The average molecular weight is 532 g/mol. The summed E-state index contributed by atoms with van der Waals surface area (Å²) in [6, 6.07) is 3.88. The summed E-state index contributed by atoms with van der Waals surface area (Å²) >= 11 is 0. The predicted octanol–water partition coefficient (Wildman–Crippen LogP) is 3.07. The molecule has 0 saturated carbocycles. The van der Waals surface area contributed by atoms with Gasteiger partial charge in [0, 0.05) is 19.0 Å². The number of morpholine rings is 1. The standard InChI is InChI=1S/C23H26F6N6O2/c24-19-20(31-9-16-5-6-34(10-18(30)36)12-22(16,25)26)32-13-33-21(19)35-7-8-37-11-17(35)14-1-3-15(4-2-14)23(27,28)29/h1-4,13,16-17H,5-12H2,(H2,30,36)(H,31,32,33)/t16-,17?/m1/s1. The molecule has 2 aliphatic heterocycles. The number of carbonyl (C=O) groups excluding carboxylic acids is 1. The zero-order valence-corrected chi connectivity index (χ0v) is 19.6. The van der Waals surface area contributed by atoms with E-state index in [0.29, 0.717) is 5.56 Å². The maximum atomic E-state index is 15.5. The molecule has 2 aromatic rings. The van der Waals surface area contributed by atoms with Crippen LogP contribution in [0.4, 0.5) is 38.0 Å². The van der Waals surface area contributed by atoms with E-state index in [1.165, 1.54) is 17.0 Å². The minimum atomic E-state index is -4.49. The van der Waals surface area contributed by atoms with Crippen LogP contribution < -0.4 is 16.0 Å². The molecular weight excluding hydrogens is 506 g/mol. The number of hydrogen-bond donors (Lipinski definition) is 2. The van der Waals surface area contributed by atoms with Crippen LogP contribution in [0.1, 0.15) is 23.6 Å². The van der Waals surface area contributed by atoms with Crippen LogP contribution in [0, 0.1) is 11.7 Å². The molecule has 37 heavy (non-hydrogen) atoms. The third-order valence-corrected chi connectivity index (χ3v) is 6.52. The Morgan fingerprint density at radius 3 is 2.57 bits per heavy atom. The van der Waals surface area contributed by atoms with E-state index in [1.54, 1.807) is 4.90 Å². The van der Waals surface area contributed by atoms with Crippen LogP contribution in [0.25, 0.3) is 0 Å². The molecule has 2 saturated heterocycles. The summed E-state index contributed by atoms with van der Waals surface area (Å²) < 4.78 is 89.0. The number of nitrogens with zero attached hydrogens (tertiary/aromatic N) is 4. The molecule has 14 heteroatoms. The molecule has 3 N–H and O–H groups in total. The van der Waals surface area contributed by atoms with Crippen LogP contribution in [-0.4, -0.2) is 72.6 Å². The van der Waals surface area contributed by atoms with Crippen molar-refractivity contribution < 1.29 is 35.9 Å². The lowest BCUT2D eigenvalue weighted by Crippen LogP contribution is -2.52. The number of alkyl halides is 5. The minimum Gasteiger partial charge on any atom is -0.377 e. The largest absolute Gasteiger partial charge is 0.416 e. The highest BCUT2D eigenvalue weighted by Gasteiger charge is 2.44. The molecule has 2 fully saturated rings. The fourth-order valence-corrected chi connectivity index (χ4v) is 4.59. The molecule has 2 aliphatic rings. The summed E-state index contributed by atoms with van der Waals surface area (Å²) in [6.07, 6.45) is -3.34. The molecule has 2 atom stereocenters. The topological polar surface area (TPSA) is 96.6 Å². The fourth-order valence-electron chi connectivity index (χ4n) is 4.59. The maximum absolute atomic E-state index is 15.5. The number of ether oxygens (including phenoxy) is 1. The highest BCUT2D eigenvalue weighted by molar-refractivity contribution is 5.75. The number of halogens is 6. The second-order valence-corrected chi connectivity index (χ2v) is 9.07. The van der Waals surface area contributed by atoms with E-state index in [0.717, 1.165) is 18.5 Å². The normalized spacial score (nSPS) is 22.6. The summed E-state index contributed by atoms with van der Waals surface area (Å²) in [4.78, 5) is 21.8. The van der Waals surface area contributed by atoms with E-state index >= 15 is 4.39 Å². The lowest BCUT2D eigenvalue weighted by atomic mass is 9.92. The first-order chi connectivity index (χ1) is 17.5. The van der Waals surface area contributed by atoms with Gasteiger partial charge in [-0.25, -0.2) is 18.7 Å². The van der Waals surface area contributed by atoms with Gasteiger partial charge in [0.15, 0.2) is 11.6 Å². The van der Waals surface area contributed by atoms with Gasteiger partial charge in [0.05, 0.1) is 37.9 Å². The molecule has 0 bridgehead atoms. The second kappa shape index (κ2) is 10.7. The molecule has 1 aromatic heterocycles. The average Bonchev–Trinajstić information content (AvgIpc) is 2.83. The van der Waals surface area contributed by atoms with Crippen LogP contribution in [0.2, 0.25) is 0 Å². The number of carbonyl (C=O) groups is 1. The van der Waals surface area contributed by atoms with Crippen molar-refractivity contribution in [2.45, 2.75) is 24.6 Å². The number of aromatic nitrogens is 2. The van der Waals surface area contributed by atoms with Crippen LogP contribution in [0.5, 0.6) is 0 Å². The smallest absolute Gasteiger partial charge is 0.377 e. The van der Waals surface area contributed by atoms with Gasteiger partial charge in [-0.3, -0.25) is 9.69 Å². The predicted molar refractivity (Wildman–Crippen MR) is 122 cm³/mol. The van der Waals surface area contributed by atoms with E-state index in [9.17, 15) is 26.7 Å². The highest BCUT2D eigenvalue weighted by Crippen LogP contribution is 2.36. The summed E-state index contributed by atoms with van der Waals surface area (Å²) in [7, 11) is 0. The Labute approximate surface area is 208 Å². The van der Waals surface area contributed by atoms with Gasteiger partial charge in [0.25, 0.3) is 5.92 Å². The Kier molecular flexibility index (Phi) is 7.78. The zero-order valence-electron chi connectivity index (χ0n) is 19.6. The van der Waals surface area contributed by atoms with Gasteiger partial charge in [0.2, 0.25) is 11.7 Å². The van der Waals surface area contributed by atoms with E-state index in [2.05, 4.69) is 15.3 Å². The molecule has 1 aromatic carbocycles. The van der Waals surface area contributed by atoms with Crippen molar-refractivity contribution >= 4 is 17.5 Å². The highest BCUT2D eigenvalue weighted by atomic mass is 19.4. The van der Waals surface area contributed by atoms with Gasteiger partial charge >= 0.3 is 6.18 Å². The number of nitrogens with one attached hydrogen (secondary N) is 1. The Balaban J connectivity index is 1.48. The first-order valence-corrected chi connectivity index (χ1v) is 11.6. The van der Waals surface area contributed by atoms with Crippen molar-refractivity contribution in [1.82, 2.24) is 14.9 Å². The maximum Gasteiger partial charge on any atom is 0.416 e. The molecule has 202 valence electrons. The number of benzene rings is 1. The lowest BCUT2D eigenvalue weighted by molar-refractivity contribution is -0.137. The summed E-state index contributed by atoms with van der Waals surface area (Å²) in [5.41, 5.74) is 4.76. The minimum absolute atomic E-state index is 0.0618. The second-order valence-electron chi connectivity index (χ2n) is 9.07. The molecule has 0 radical (unpaired) electrons. The van der Waals surface area contributed by atoms with Gasteiger partial charge in [-0.2, -0.15) is 17.6 Å². The molecule has 0 spiro atoms. The number of hydrogen-bond acceptors (Lipinski definition) is 7. The number of likely N-dealkylation sites (tertiary alicyclic amines) is 1. The molecule has 8 nitrogen and oxygen atoms in total. The molecule has 1 unspecified atom stereocenters. The molecule has 1 amide bonds. The Bertz CT molecular complexity index is 1100. The van der Waals surface area contributed by atoms with Crippen molar-refractivity contribution in [3.8, 4) is 0 Å². The number of amides is 1. The van der Waals surface area contributed by atoms with Gasteiger partial charge in [-0.1, -0.05) is 12.1 Å². The van der Waals surface area contributed by atoms with Crippen LogP contribution >= 0.6 is 0 Å². The van der Waals surface area contributed by atoms with Crippen LogP contribution in [0.3, 0.4) is 0 Å². The first kappa shape index (κ1) is 26.9. The van der Waals surface area contributed by atoms with Gasteiger partial charge in [-0.15, -0.1) is 0 Å². The van der Waals surface area contributed by atoms with Crippen LogP contribution in [-0.2, 0) is 15.7 Å². The molecular formula is C23H26F6N6O2. The Morgan fingerprint density at radius 1 is 1.19 bits per heavy atom. The zero-order chi connectivity index (χ0) is 26.8. The van der Waals surface area contributed by atoms with Crippen molar-refractivity contribution in [3.63, 3.8) is 0 Å². The van der Waals surface area contributed by atoms with Gasteiger partial charge in [-0.05, 0) is 30.7 Å². The summed E-state index contributed by atoms with van der Waals surface area (Å²) in [6.45, 7) is -0.397. The van der Waals surface area contributed by atoms with E-state index in [-0.39, 0.29) is 57.4 Å². The van der Waals surface area contributed by atoms with E-state index < -0.39 is 47.9 Å². The van der Waals surface area contributed by atoms with E-state index in [4.69, 9.17) is 10.5 Å². The fraction of sp³-hybridized carbons (Fsp3) is 0.522. The number of primary amides is 1. The number of nitrogens with two attached hydrogens (primary N) is 1. The summed E-state index contributed by atoms with van der Waals surface area (Å²) in [5, 5.41) is 2.65. The summed E-state index contributed by atoms with van der Waals surface area (Å²) in [5.74, 6) is -6.20. The monoisotopic (exact) mass is 532 g/mol. The van der Waals surface area contributed by atoms with Crippen molar-refractivity contribution in [1.29, 1.82) is 0 Å². The SMILES string of the molecule is NC(=O)CN1CC[C@H](CNc2ncnc(N3CCOCC3c3ccc(C(F)(F)F)cc3)c2F)C(F)(F)C1. The number of piperidine rings is 1. The third kappa shape index (κ3) is 6.24. The Hall–Kier alpha value is -3.13. The van der Waals surface area contributed by atoms with Crippen molar-refractivity contribution in [2.75, 3.05) is 56.2 Å². The number of rotatable bonds is 7. The van der Waals surface area contributed by atoms with Gasteiger partial charge < -0.3 is 20.7 Å². The van der Waals surface area contributed by atoms with Crippen molar-refractivity contribution in [2.24, 2.45) is 11.7 Å². The third-order valence-electron chi connectivity index (χ3n) is 6.52. The molecule has 0 aliphatic carbocycles. The quantitative estimate of drug-likeness (QED) is 0.530. The van der Waals surface area contributed by atoms with Crippen LogP contribution in [0.15, 0.2) is 30.6 Å². The Morgan fingerprint density at radius 2 is 1.92 bits per heavy atom. The van der Waals surface area contributed by atoms with E-state index in [1.807, 2.05) is 0 Å². The first-order valence-electron chi connectivity index (χ1n) is 11.6.